The second-order valence-corrected chi connectivity index (χ2v) is 9.01. The third-order valence-electron chi connectivity index (χ3n) is 5.14. The SMILES string of the molecule is CCCS(=O)(=O)N1CCC2(CC1)NC(=O)N(CCc1ccccc1)C2=O. The molecule has 7 nitrogen and oxygen atoms in total. The van der Waals surface area contributed by atoms with E-state index in [2.05, 4.69) is 5.32 Å². The molecule has 1 aromatic carbocycles. The Labute approximate surface area is 154 Å². The Morgan fingerprint density at radius 3 is 2.38 bits per heavy atom. The Kier molecular flexibility index (Phi) is 5.34. The Morgan fingerprint density at radius 2 is 1.77 bits per heavy atom. The van der Waals surface area contributed by atoms with E-state index >= 15 is 0 Å². The van der Waals surface area contributed by atoms with Gasteiger partial charge in [-0.3, -0.25) is 9.69 Å². The van der Waals surface area contributed by atoms with Crippen molar-refractivity contribution < 1.29 is 18.0 Å². The fourth-order valence-electron chi connectivity index (χ4n) is 3.64. The minimum absolute atomic E-state index is 0.115. The van der Waals surface area contributed by atoms with Crippen LogP contribution in [0.2, 0.25) is 0 Å². The highest BCUT2D eigenvalue weighted by Crippen LogP contribution is 2.30. The molecule has 2 aliphatic heterocycles. The number of carbonyl (C=O) groups is 2. The Balaban J connectivity index is 1.64. The number of carbonyl (C=O) groups excluding carboxylic acids is 2. The van der Waals surface area contributed by atoms with Crippen molar-refractivity contribution in [1.29, 1.82) is 0 Å². The molecule has 1 spiro atoms. The van der Waals surface area contributed by atoms with E-state index < -0.39 is 15.6 Å². The van der Waals surface area contributed by atoms with Crippen LogP contribution in [0.4, 0.5) is 4.79 Å². The number of sulfonamides is 1. The molecular weight excluding hydrogens is 354 g/mol. The molecular formula is C18H25N3O4S. The van der Waals surface area contributed by atoms with Crippen LogP contribution in [0.5, 0.6) is 0 Å². The highest BCUT2D eigenvalue weighted by Gasteiger charge is 2.52. The van der Waals surface area contributed by atoms with E-state index in [1.807, 2.05) is 37.3 Å². The average molecular weight is 379 g/mol. The molecule has 1 aromatic rings. The summed E-state index contributed by atoms with van der Waals surface area (Å²) in [6.07, 6.45) is 1.81. The van der Waals surface area contributed by atoms with Crippen LogP contribution in [0.15, 0.2) is 30.3 Å². The van der Waals surface area contributed by atoms with E-state index in [0.717, 1.165) is 5.56 Å². The van der Waals surface area contributed by atoms with Gasteiger partial charge >= 0.3 is 6.03 Å². The largest absolute Gasteiger partial charge is 0.325 e. The highest BCUT2D eigenvalue weighted by molar-refractivity contribution is 7.89. The maximum Gasteiger partial charge on any atom is 0.325 e. The van der Waals surface area contributed by atoms with Crippen molar-refractivity contribution in [1.82, 2.24) is 14.5 Å². The minimum atomic E-state index is -3.27. The fraction of sp³-hybridized carbons (Fsp3) is 0.556. The predicted molar refractivity (Wildman–Crippen MR) is 98.0 cm³/mol. The zero-order valence-corrected chi connectivity index (χ0v) is 15.8. The lowest BCUT2D eigenvalue weighted by Crippen LogP contribution is -2.56. The van der Waals surface area contributed by atoms with Crippen molar-refractivity contribution >= 4 is 22.0 Å². The van der Waals surface area contributed by atoms with Gasteiger partial charge in [-0.05, 0) is 31.2 Å². The van der Waals surface area contributed by atoms with Gasteiger partial charge in [0.25, 0.3) is 5.91 Å². The van der Waals surface area contributed by atoms with Crippen molar-refractivity contribution in [3.63, 3.8) is 0 Å². The summed E-state index contributed by atoms with van der Waals surface area (Å²) >= 11 is 0. The van der Waals surface area contributed by atoms with Crippen molar-refractivity contribution in [2.45, 2.75) is 38.1 Å². The third-order valence-corrected chi connectivity index (χ3v) is 7.22. The van der Waals surface area contributed by atoms with Gasteiger partial charge in [0.15, 0.2) is 0 Å². The van der Waals surface area contributed by atoms with Crippen LogP contribution in [0, 0.1) is 0 Å². The Bertz CT molecular complexity index is 771. The van der Waals surface area contributed by atoms with Crippen LogP contribution >= 0.6 is 0 Å². The highest BCUT2D eigenvalue weighted by atomic mass is 32.2. The molecule has 0 unspecified atom stereocenters. The molecule has 0 atom stereocenters. The molecule has 142 valence electrons. The van der Waals surface area contributed by atoms with Gasteiger partial charge in [-0.15, -0.1) is 0 Å². The summed E-state index contributed by atoms with van der Waals surface area (Å²) < 4.78 is 25.8. The number of piperidine rings is 1. The van der Waals surface area contributed by atoms with Crippen LogP contribution in [-0.2, 0) is 21.2 Å². The monoisotopic (exact) mass is 379 g/mol. The van der Waals surface area contributed by atoms with Gasteiger partial charge in [0.2, 0.25) is 10.0 Å². The average Bonchev–Trinajstić information content (AvgIpc) is 2.84. The van der Waals surface area contributed by atoms with Gasteiger partial charge in [-0.25, -0.2) is 17.5 Å². The van der Waals surface area contributed by atoms with Crippen LogP contribution in [0.1, 0.15) is 31.7 Å². The number of nitrogens with zero attached hydrogens (tertiary/aromatic N) is 2. The van der Waals surface area contributed by atoms with E-state index in [-0.39, 0.29) is 30.8 Å². The quantitative estimate of drug-likeness (QED) is 0.756. The summed E-state index contributed by atoms with van der Waals surface area (Å²) in [6.45, 7) is 2.68. The fourth-order valence-corrected chi connectivity index (χ4v) is 5.15. The third kappa shape index (κ3) is 3.61. The number of hydrogen-bond acceptors (Lipinski definition) is 4. The van der Waals surface area contributed by atoms with E-state index in [1.165, 1.54) is 9.21 Å². The summed E-state index contributed by atoms with van der Waals surface area (Å²) in [5, 5.41) is 2.83. The molecule has 8 heteroatoms. The topological polar surface area (TPSA) is 86.8 Å². The molecule has 26 heavy (non-hydrogen) atoms. The zero-order chi connectivity index (χ0) is 18.8. The molecule has 1 N–H and O–H groups in total. The number of rotatable bonds is 6. The van der Waals surface area contributed by atoms with Crippen molar-refractivity contribution in [3.8, 4) is 0 Å². The number of amides is 3. The van der Waals surface area contributed by atoms with Crippen LogP contribution < -0.4 is 5.32 Å². The predicted octanol–water partition coefficient (Wildman–Crippen LogP) is 1.36. The molecule has 0 aromatic heterocycles. The summed E-state index contributed by atoms with van der Waals surface area (Å²) in [5.41, 5.74) is 0.112. The smallest absolute Gasteiger partial charge is 0.323 e. The summed E-state index contributed by atoms with van der Waals surface area (Å²) in [6, 6.07) is 9.32. The number of urea groups is 1. The first-order chi connectivity index (χ1) is 12.4. The molecule has 0 radical (unpaired) electrons. The van der Waals surface area contributed by atoms with Gasteiger partial charge in [0, 0.05) is 19.6 Å². The van der Waals surface area contributed by atoms with E-state index in [4.69, 9.17) is 0 Å². The first-order valence-corrected chi connectivity index (χ1v) is 10.6. The molecule has 0 bridgehead atoms. The molecule has 0 aliphatic carbocycles. The van der Waals surface area contributed by atoms with Crippen molar-refractivity contribution in [3.05, 3.63) is 35.9 Å². The van der Waals surface area contributed by atoms with Crippen molar-refractivity contribution in [2.24, 2.45) is 0 Å². The minimum Gasteiger partial charge on any atom is -0.323 e. The maximum atomic E-state index is 12.9. The normalized spacial score (nSPS) is 20.6. The van der Waals surface area contributed by atoms with Crippen LogP contribution in [0.3, 0.4) is 0 Å². The lowest BCUT2D eigenvalue weighted by molar-refractivity contribution is -0.132. The molecule has 3 amide bonds. The molecule has 3 rings (SSSR count). The van der Waals surface area contributed by atoms with Gasteiger partial charge in [0.05, 0.1) is 5.75 Å². The number of nitrogens with one attached hydrogen (secondary N) is 1. The molecule has 2 aliphatic rings. The first kappa shape index (κ1) is 18.8. The van der Waals surface area contributed by atoms with Gasteiger partial charge in [-0.2, -0.15) is 0 Å². The lowest BCUT2D eigenvalue weighted by Gasteiger charge is -2.36. The van der Waals surface area contributed by atoms with Gasteiger partial charge in [0.1, 0.15) is 5.54 Å². The maximum absolute atomic E-state index is 12.9. The molecule has 2 heterocycles. The molecule has 2 fully saturated rings. The van der Waals surface area contributed by atoms with E-state index in [9.17, 15) is 18.0 Å². The summed E-state index contributed by atoms with van der Waals surface area (Å²) in [7, 11) is -3.27. The van der Waals surface area contributed by atoms with Crippen LogP contribution in [-0.4, -0.2) is 60.5 Å². The first-order valence-electron chi connectivity index (χ1n) is 9.04. The zero-order valence-electron chi connectivity index (χ0n) is 15.0. The number of benzene rings is 1. The number of imide groups is 1. The van der Waals surface area contributed by atoms with Gasteiger partial charge in [-0.1, -0.05) is 37.3 Å². The van der Waals surface area contributed by atoms with Crippen molar-refractivity contribution in [2.75, 3.05) is 25.4 Å². The second-order valence-electron chi connectivity index (χ2n) is 6.92. The van der Waals surface area contributed by atoms with E-state index in [1.54, 1.807) is 0 Å². The second kappa shape index (κ2) is 7.36. The number of hydrogen-bond donors (Lipinski definition) is 1. The standard InChI is InChI=1S/C18H25N3O4S/c1-2-14-26(24,25)20-12-9-18(10-13-20)16(22)21(17(23)19-18)11-8-15-6-4-3-5-7-15/h3-7H,2,8-14H2,1H3,(H,19,23). The summed E-state index contributed by atoms with van der Waals surface area (Å²) in [5.74, 6) is -0.116. The Morgan fingerprint density at radius 1 is 1.12 bits per heavy atom. The van der Waals surface area contributed by atoms with E-state index in [0.29, 0.717) is 32.2 Å². The van der Waals surface area contributed by atoms with Gasteiger partial charge < -0.3 is 5.32 Å². The molecule has 0 saturated carbocycles. The Hall–Kier alpha value is -1.93. The van der Waals surface area contributed by atoms with Crippen LogP contribution in [0.25, 0.3) is 0 Å². The molecule has 2 saturated heterocycles. The lowest BCUT2D eigenvalue weighted by atomic mass is 9.88. The summed E-state index contributed by atoms with van der Waals surface area (Å²) in [4.78, 5) is 26.5.